The first-order valence-corrected chi connectivity index (χ1v) is 49.2. The maximum absolute atomic E-state index is 11.0. The average molecular weight is 1350 g/mol. The van der Waals surface area contributed by atoms with Gasteiger partial charge in [-0.15, -0.1) is 0 Å². The second-order valence-corrected chi connectivity index (χ2v) is 53.7. The predicted octanol–water partition coefficient (Wildman–Crippen LogP) is 16.0. The van der Waals surface area contributed by atoms with Crippen LogP contribution < -0.4 is 9.80 Å². The van der Waals surface area contributed by atoms with Gasteiger partial charge in [-0.05, 0) is 94.1 Å². The van der Waals surface area contributed by atoms with Crippen molar-refractivity contribution in [2.75, 3.05) is 69.8 Å². The number of aliphatic hydroxyl groups excluding tert-OH is 1. The van der Waals surface area contributed by atoms with Crippen molar-refractivity contribution in [3.8, 4) is 44.8 Å². The molecule has 0 amide bonds. The number of aromatic nitrogens is 8. The van der Waals surface area contributed by atoms with Crippen LogP contribution in [0.5, 0.6) is 0 Å². The van der Waals surface area contributed by atoms with Crippen LogP contribution in [0, 0.1) is 0 Å². The van der Waals surface area contributed by atoms with Crippen LogP contribution >= 0.6 is 0 Å². The van der Waals surface area contributed by atoms with Crippen LogP contribution in [0.2, 0.25) is 103 Å². The molecule has 0 spiro atoms. The molecule has 0 saturated heterocycles. The molecule has 2 aliphatic rings. The lowest BCUT2D eigenvalue weighted by molar-refractivity contribution is -0.0458. The molecule has 2 aromatic carbocycles. The normalized spacial score (nSPS) is 18.9. The quantitative estimate of drug-likeness (QED) is 0.0219. The Morgan fingerprint density at radius 1 is 0.457 bits per heavy atom. The van der Waals surface area contributed by atoms with E-state index in [4.69, 9.17) is 49.1 Å². The fourth-order valence-electron chi connectivity index (χ4n) is 11.8. The molecule has 3 N–H and O–H groups in total. The Balaban J connectivity index is 0.000000221. The second-order valence-electron chi connectivity index (χ2n) is 31.2. The van der Waals surface area contributed by atoms with Crippen molar-refractivity contribution in [2.24, 2.45) is 0 Å². The molecule has 21 heteroatoms. The minimum Gasteiger partial charge on any atom is -0.393 e. The molecule has 10 rings (SSSR count). The van der Waals surface area contributed by atoms with Gasteiger partial charge in [-0.3, -0.25) is 9.97 Å². The summed E-state index contributed by atoms with van der Waals surface area (Å²) in [5.74, 6) is 2.19. The fourth-order valence-corrected chi connectivity index (χ4v) is 14.9. The number of hydrogen-bond acceptors (Lipinski definition) is 15. The second kappa shape index (κ2) is 32.0. The third-order valence-electron chi connectivity index (χ3n) is 18.5. The van der Waals surface area contributed by atoms with Gasteiger partial charge in [-0.25, -0.2) is 9.97 Å². The van der Waals surface area contributed by atoms with Crippen molar-refractivity contribution in [1.82, 2.24) is 39.2 Å². The van der Waals surface area contributed by atoms with Crippen LogP contribution in [0.3, 0.4) is 0 Å². The summed E-state index contributed by atoms with van der Waals surface area (Å²) in [4.78, 5) is 24.4. The predicted molar refractivity (Wildman–Crippen MR) is 394 cm³/mol. The lowest BCUT2D eigenvalue weighted by Crippen LogP contribution is -2.37. The lowest BCUT2D eigenvalue weighted by atomic mass is 9.76. The maximum atomic E-state index is 11.0. The van der Waals surface area contributed by atoms with E-state index in [2.05, 4.69) is 150 Å². The van der Waals surface area contributed by atoms with Gasteiger partial charge in [0.25, 0.3) is 0 Å². The van der Waals surface area contributed by atoms with Crippen LogP contribution in [0.15, 0.2) is 122 Å². The van der Waals surface area contributed by atoms with E-state index >= 15 is 0 Å². The molecule has 6 heterocycles. The zero-order valence-electron chi connectivity index (χ0n) is 58.7. The average Bonchev–Trinajstić information content (AvgIpc) is 1.57. The van der Waals surface area contributed by atoms with Crippen molar-refractivity contribution in [2.45, 2.75) is 190 Å². The molecular formula is C73H108N10O7Si4. The first-order valence-electron chi connectivity index (χ1n) is 34.4. The topological polar surface area (TPSA) is 190 Å². The van der Waals surface area contributed by atoms with Gasteiger partial charge in [0.05, 0.1) is 41.6 Å². The summed E-state index contributed by atoms with van der Waals surface area (Å²) < 4.78 is 29.1. The first kappa shape index (κ1) is 72.4. The van der Waals surface area contributed by atoms with Gasteiger partial charge in [-0.1, -0.05) is 158 Å². The van der Waals surface area contributed by atoms with Crippen LogP contribution in [-0.4, -0.2) is 158 Å². The van der Waals surface area contributed by atoms with E-state index in [-0.39, 0.29) is 18.4 Å². The summed E-state index contributed by atoms with van der Waals surface area (Å²) in [5, 5.41) is 41.3. The number of pyridine rings is 2. The highest BCUT2D eigenvalue weighted by Gasteiger charge is 2.36. The molecule has 17 nitrogen and oxygen atoms in total. The van der Waals surface area contributed by atoms with Gasteiger partial charge in [0.1, 0.15) is 38.6 Å². The molecule has 6 aromatic heterocycles. The fraction of sp³-hybridized carbons (Fsp3) is 0.534. The summed E-state index contributed by atoms with van der Waals surface area (Å²) >= 11 is 0. The van der Waals surface area contributed by atoms with E-state index in [1.165, 1.54) is 0 Å². The lowest BCUT2D eigenvalue weighted by Gasteiger charge is -2.35. The van der Waals surface area contributed by atoms with Crippen molar-refractivity contribution < 1.29 is 34.3 Å². The highest BCUT2D eigenvalue weighted by molar-refractivity contribution is 6.77. The standard InChI is InChI=1S/C37H55N5O3Si2.C36H53N5O4Si2/c1-8-37(43)18-16-30(17-19-37)34-24-35(41(27-44-20-22-46(2,3)4)28-45-21-23-47(5,6)7)42-36(40-34)32(26-39-42)31-14-15-33(38-25-31)29-12-10-9-11-13-29;1-46(2,3)20-18-44-26-40(27-45-19-21-47(4,5)6)34-22-33(29-14-16-36(43,25-42)17-15-29)39-35-31(24-38-41(34)35)30-12-13-32(37-23-30)28-10-8-7-9-11-28/h9-15,24-26,30,43H,8,16-23,27-28H2,1-7H3;7-13,22-24,29,42-43H,14-21,25-27H2,1-6H3. The number of hydrogen-bond donors (Lipinski definition) is 3. The highest BCUT2D eigenvalue weighted by Crippen LogP contribution is 2.42. The third kappa shape index (κ3) is 20.6. The maximum Gasteiger partial charge on any atom is 0.165 e. The number of ether oxygens (including phenoxy) is 4. The molecule has 508 valence electrons. The smallest absolute Gasteiger partial charge is 0.165 e. The Labute approximate surface area is 563 Å². The Bertz CT molecular complexity index is 3350. The van der Waals surface area contributed by atoms with Gasteiger partial charge in [0.15, 0.2) is 11.3 Å². The molecule has 2 saturated carbocycles. The van der Waals surface area contributed by atoms with E-state index in [1.807, 2.05) is 76.3 Å². The Morgan fingerprint density at radius 2 is 0.798 bits per heavy atom. The van der Waals surface area contributed by atoms with Crippen molar-refractivity contribution in [1.29, 1.82) is 0 Å². The third-order valence-corrected chi connectivity index (χ3v) is 25.3. The van der Waals surface area contributed by atoms with Crippen molar-refractivity contribution in [3.05, 3.63) is 133 Å². The summed E-state index contributed by atoms with van der Waals surface area (Å²) in [6.45, 7) is 34.8. The largest absolute Gasteiger partial charge is 0.393 e. The molecule has 0 aliphatic heterocycles. The molecule has 2 aliphatic carbocycles. The number of fused-ring (bicyclic) bond motifs is 2. The van der Waals surface area contributed by atoms with Crippen molar-refractivity contribution in [3.63, 3.8) is 0 Å². The Morgan fingerprint density at radius 3 is 1.10 bits per heavy atom. The SMILES string of the molecule is CCC1(O)CCC(c2cc(N(COCC[Si](C)(C)C)COCC[Si](C)(C)C)n3ncc(-c4ccc(-c5ccccc5)nc4)c3n2)CC1.C[Si](C)(C)CCOCN(COCC[Si](C)(C)C)c1cc(C2CCC(O)(CO)CC2)nc2c(-c3ccc(-c4ccccc4)nc3)cnn12. The van der Waals surface area contributed by atoms with Crippen LogP contribution in [0.1, 0.15) is 87.9 Å². The molecule has 0 unspecified atom stereocenters. The van der Waals surface area contributed by atoms with Crippen molar-refractivity contribution >= 4 is 55.2 Å². The molecule has 8 aromatic rings. The Hall–Kier alpha value is -5.83. The molecule has 94 heavy (non-hydrogen) atoms. The van der Waals surface area contributed by atoms with E-state index in [9.17, 15) is 15.3 Å². The molecule has 0 bridgehead atoms. The number of benzene rings is 2. The molecule has 0 radical (unpaired) electrons. The summed E-state index contributed by atoms with van der Waals surface area (Å²) in [7, 11) is -4.98. The monoisotopic (exact) mass is 1350 g/mol. The summed E-state index contributed by atoms with van der Waals surface area (Å²) in [6, 6.07) is 37.4. The molecular weight excluding hydrogens is 1240 g/mol. The van der Waals surface area contributed by atoms with E-state index < -0.39 is 43.5 Å². The number of anilines is 2. The van der Waals surface area contributed by atoms with E-state index in [1.54, 1.807) is 0 Å². The van der Waals surface area contributed by atoms with Gasteiger partial charge < -0.3 is 44.1 Å². The van der Waals surface area contributed by atoms with Gasteiger partial charge in [0, 0.05) is 140 Å². The number of aliphatic hydroxyl groups is 3. The summed E-state index contributed by atoms with van der Waals surface area (Å²) in [6.07, 6.45) is 14.3. The first-order chi connectivity index (χ1) is 44.7. The van der Waals surface area contributed by atoms with Gasteiger partial charge >= 0.3 is 0 Å². The van der Waals surface area contributed by atoms with Gasteiger partial charge in [-0.2, -0.15) is 19.2 Å². The molecule has 2 fully saturated rings. The van der Waals surface area contributed by atoms with Crippen LogP contribution in [0.25, 0.3) is 56.1 Å². The van der Waals surface area contributed by atoms with Crippen LogP contribution in [0.4, 0.5) is 11.6 Å². The van der Waals surface area contributed by atoms with E-state index in [0.29, 0.717) is 53.0 Å². The highest BCUT2D eigenvalue weighted by atomic mass is 28.3. The number of nitrogens with zero attached hydrogens (tertiary/aromatic N) is 10. The zero-order valence-corrected chi connectivity index (χ0v) is 62.7. The minimum absolute atomic E-state index is 0.148. The zero-order chi connectivity index (χ0) is 67.3. The minimum atomic E-state index is -1.25. The van der Waals surface area contributed by atoms with Gasteiger partial charge in [0.2, 0.25) is 0 Å². The van der Waals surface area contributed by atoms with E-state index in [0.717, 1.165) is 161 Å². The molecule has 0 atom stereocenters. The number of rotatable bonds is 30. The van der Waals surface area contributed by atoms with Crippen LogP contribution in [-0.2, 0) is 18.9 Å². The summed E-state index contributed by atoms with van der Waals surface area (Å²) in [5.41, 5.74) is 9.73. The Kier molecular flexibility index (Phi) is 24.7.